The first-order valence-corrected chi connectivity index (χ1v) is 8.30. The Morgan fingerprint density at radius 2 is 1.05 bits per heavy atom. The summed E-state index contributed by atoms with van der Waals surface area (Å²) >= 11 is 0. The second-order valence-electron chi connectivity index (χ2n) is 6.07. The molecule has 6 nitrogen and oxygen atoms in total. The Bertz CT molecular complexity index is 328. The summed E-state index contributed by atoms with van der Waals surface area (Å²) in [5.41, 5.74) is 5.95. The summed E-state index contributed by atoms with van der Waals surface area (Å²) in [6, 6.07) is 0. The van der Waals surface area contributed by atoms with Crippen molar-refractivity contribution >= 4 is 11.8 Å². The zero-order valence-corrected chi connectivity index (χ0v) is 13.9. The summed E-state index contributed by atoms with van der Waals surface area (Å²) in [5.74, 6) is -2.19. The van der Waals surface area contributed by atoms with Crippen LogP contribution in [-0.4, -0.2) is 33.2 Å². The highest BCUT2D eigenvalue weighted by Crippen LogP contribution is 2.33. The van der Waals surface area contributed by atoms with E-state index in [1.807, 2.05) is 13.8 Å². The monoisotopic (exact) mass is 316 g/mol. The molecule has 6 N–H and O–H groups in total. The number of carbonyl (C=O) groups is 2. The summed E-state index contributed by atoms with van der Waals surface area (Å²) < 4.78 is 0. The van der Waals surface area contributed by atoms with E-state index < -0.39 is 23.0 Å². The van der Waals surface area contributed by atoms with Gasteiger partial charge in [0, 0.05) is 0 Å². The lowest BCUT2D eigenvalue weighted by Crippen LogP contribution is -2.67. The van der Waals surface area contributed by atoms with Crippen LogP contribution >= 0.6 is 0 Å². The topological polar surface area (TPSA) is 127 Å². The van der Waals surface area contributed by atoms with Crippen molar-refractivity contribution < 1.29 is 19.8 Å². The van der Waals surface area contributed by atoms with Crippen molar-refractivity contribution in [3.05, 3.63) is 0 Å². The maximum absolute atomic E-state index is 11.7. The molecule has 22 heavy (non-hydrogen) atoms. The predicted octanol–water partition coefficient (Wildman–Crippen LogP) is 1.36. The molecule has 0 radical (unpaired) electrons. The molecule has 0 aliphatic heterocycles. The fourth-order valence-corrected chi connectivity index (χ4v) is 2.68. The van der Waals surface area contributed by atoms with Crippen LogP contribution < -0.4 is 11.5 Å². The Morgan fingerprint density at radius 1 is 0.727 bits per heavy atom. The summed E-state index contributed by atoms with van der Waals surface area (Å²) in [6.45, 7) is 4.07. The van der Waals surface area contributed by atoms with Crippen molar-refractivity contribution in [3.8, 4) is 0 Å². The molecular formula is C16H32N2O4. The minimum absolute atomic E-state index is 0.0600. The highest BCUT2D eigenvalue weighted by atomic mass is 16.4. The van der Waals surface area contributed by atoms with Gasteiger partial charge in [-0.25, -0.2) is 0 Å². The van der Waals surface area contributed by atoms with Crippen molar-refractivity contribution in [2.75, 3.05) is 0 Å². The van der Waals surface area contributed by atoms with Crippen LogP contribution in [0.3, 0.4) is 0 Å². The Labute approximate surface area is 133 Å². The van der Waals surface area contributed by atoms with Crippen LogP contribution in [0.5, 0.6) is 0 Å². The number of amides is 2. The first-order valence-electron chi connectivity index (χ1n) is 8.30. The maximum Gasteiger partial charge on any atom is 0.253 e. The molecule has 130 valence electrons. The molecule has 0 aromatic heterocycles. The standard InChI is InChI=1S/C16H32N2O4/c1-3-5-7-9-11-15(21,13(17)19)16(22,14(18)20)12-10-8-6-4-2/h21-22H,3-12H2,1-2H3,(H2,17,19)(H2,18,20). The van der Waals surface area contributed by atoms with E-state index in [2.05, 4.69) is 0 Å². The van der Waals surface area contributed by atoms with E-state index in [1.165, 1.54) is 0 Å². The SMILES string of the molecule is CCCCCCC(O)(C(N)=O)C(O)(CCCCCC)C(N)=O. The number of nitrogens with two attached hydrogens (primary N) is 2. The smallest absolute Gasteiger partial charge is 0.253 e. The summed E-state index contributed by atoms with van der Waals surface area (Å²) in [5, 5.41) is 21.2. The van der Waals surface area contributed by atoms with E-state index in [4.69, 9.17) is 11.5 Å². The number of unbranched alkanes of at least 4 members (excludes halogenated alkanes) is 6. The van der Waals surface area contributed by atoms with Crippen LogP contribution in [0, 0.1) is 0 Å². The van der Waals surface area contributed by atoms with Gasteiger partial charge in [0.1, 0.15) is 0 Å². The lowest BCUT2D eigenvalue weighted by molar-refractivity contribution is -0.185. The molecule has 0 aromatic rings. The lowest BCUT2D eigenvalue weighted by Gasteiger charge is -2.39. The largest absolute Gasteiger partial charge is 0.377 e. The quantitative estimate of drug-likeness (QED) is 0.383. The molecule has 0 fully saturated rings. The van der Waals surface area contributed by atoms with E-state index in [9.17, 15) is 19.8 Å². The van der Waals surface area contributed by atoms with E-state index in [0.29, 0.717) is 12.8 Å². The second-order valence-corrected chi connectivity index (χ2v) is 6.07. The summed E-state index contributed by atoms with van der Waals surface area (Å²) in [6.07, 6.45) is 6.33. The van der Waals surface area contributed by atoms with Gasteiger partial charge in [-0.2, -0.15) is 0 Å². The number of hydrogen-bond donors (Lipinski definition) is 4. The van der Waals surface area contributed by atoms with Crippen molar-refractivity contribution in [2.45, 2.75) is 89.3 Å². The third-order valence-electron chi connectivity index (χ3n) is 4.28. The van der Waals surface area contributed by atoms with Gasteiger partial charge < -0.3 is 21.7 Å². The van der Waals surface area contributed by atoms with E-state index in [-0.39, 0.29) is 12.8 Å². The average Bonchev–Trinajstić information content (AvgIpc) is 2.47. The Balaban J connectivity index is 5.06. The van der Waals surface area contributed by atoms with Crippen molar-refractivity contribution in [2.24, 2.45) is 11.5 Å². The fourth-order valence-electron chi connectivity index (χ4n) is 2.68. The van der Waals surface area contributed by atoms with Gasteiger partial charge in [0.25, 0.3) is 11.8 Å². The van der Waals surface area contributed by atoms with Crippen LogP contribution in [0.25, 0.3) is 0 Å². The van der Waals surface area contributed by atoms with Gasteiger partial charge in [-0.15, -0.1) is 0 Å². The molecule has 6 heteroatoms. The van der Waals surface area contributed by atoms with Crippen LogP contribution in [0.2, 0.25) is 0 Å². The minimum Gasteiger partial charge on any atom is -0.377 e. The van der Waals surface area contributed by atoms with E-state index >= 15 is 0 Å². The highest BCUT2D eigenvalue weighted by molar-refractivity contribution is 5.95. The van der Waals surface area contributed by atoms with Crippen molar-refractivity contribution in [1.82, 2.24) is 0 Å². The summed E-state index contributed by atoms with van der Waals surface area (Å²) in [7, 11) is 0. The van der Waals surface area contributed by atoms with Crippen LogP contribution in [-0.2, 0) is 9.59 Å². The number of aliphatic hydroxyl groups is 2. The molecule has 0 rings (SSSR count). The van der Waals surface area contributed by atoms with Crippen LogP contribution in [0.15, 0.2) is 0 Å². The molecule has 0 heterocycles. The predicted molar refractivity (Wildman–Crippen MR) is 85.8 cm³/mol. The van der Waals surface area contributed by atoms with Gasteiger partial charge in [0.05, 0.1) is 0 Å². The van der Waals surface area contributed by atoms with Gasteiger partial charge in [-0.3, -0.25) is 9.59 Å². The molecule has 0 aliphatic rings. The van der Waals surface area contributed by atoms with E-state index in [1.54, 1.807) is 0 Å². The zero-order valence-electron chi connectivity index (χ0n) is 13.9. The van der Waals surface area contributed by atoms with Crippen molar-refractivity contribution in [3.63, 3.8) is 0 Å². The van der Waals surface area contributed by atoms with Crippen LogP contribution in [0.4, 0.5) is 0 Å². The molecule has 0 aliphatic carbocycles. The molecule has 2 atom stereocenters. The van der Waals surface area contributed by atoms with Gasteiger partial charge in [-0.05, 0) is 25.7 Å². The van der Waals surface area contributed by atoms with Gasteiger partial charge >= 0.3 is 0 Å². The van der Waals surface area contributed by atoms with Gasteiger partial charge in [0.2, 0.25) is 0 Å². The van der Waals surface area contributed by atoms with E-state index in [0.717, 1.165) is 38.5 Å². The second kappa shape index (κ2) is 9.79. The van der Waals surface area contributed by atoms with Gasteiger partial charge in [0.15, 0.2) is 11.2 Å². The molecule has 0 saturated carbocycles. The van der Waals surface area contributed by atoms with Crippen molar-refractivity contribution in [1.29, 1.82) is 0 Å². The highest BCUT2D eigenvalue weighted by Gasteiger charge is 2.56. The Morgan fingerprint density at radius 3 is 1.27 bits per heavy atom. The Kier molecular flexibility index (Phi) is 9.28. The molecule has 2 unspecified atom stereocenters. The molecule has 0 bridgehead atoms. The molecule has 0 spiro atoms. The Hall–Kier alpha value is -1.14. The lowest BCUT2D eigenvalue weighted by atomic mass is 9.74. The third kappa shape index (κ3) is 5.25. The molecule has 2 amide bonds. The molecule has 0 aromatic carbocycles. The third-order valence-corrected chi connectivity index (χ3v) is 4.28. The van der Waals surface area contributed by atoms with Crippen LogP contribution in [0.1, 0.15) is 78.1 Å². The number of hydrogen-bond acceptors (Lipinski definition) is 4. The first-order chi connectivity index (χ1) is 10.3. The minimum atomic E-state index is -2.31. The maximum atomic E-state index is 11.7. The number of carbonyl (C=O) groups excluding carboxylic acids is 2. The first kappa shape index (κ1) is 20.9. The fraction of sp³-hybridized carbons (Fsp3) is 0.875. The molecular weight excluding hydrogens is 284 g/mol. The average molecular weight is 316 g/mol. The molecule has 0 saturated heterocycles. The number of rotatable bonds is 13. The normalized spacial score (nSPS) is 16.7. The number of primary amides is 2. The summed E-state index contributed by atoms with van der Waals surface area (Å²) in [4.78, 5) is 23.5. The zero-order chi connectivity index (χ0) is 17.2. The van der Waals surface area contributed by atoms with Gasteiger partial charge in [-0.1, -0.05) is 52.4 Å².